The van der Waals surface area contributed by atoms with Gasteiger partial charge in [-0.05, 0) is 97.0 Å². The largest absolute Gasteiger partial charge is 0.393 e. The van der Waals surface area contributed by atoms with Gasteiger partial charge in [0.2, 0.25) is 0 Å². The lowest BCUT2D eigenvalue weighted by atomic mass is 9.51. The van der Waals surface area contributed by atoms with Gasteiger partial charge in [-0.15, -0.1) is 0 Å². The zero-order valence-electron chi connectivity index (χ0n) is 19.2. The lowest BCUT2D eigenvalue weighted by Gasteiger charge is -2.54. The monoisotopic (exact) mass is 384 g/mol. The molecule has 0 aromatic heterocycles. The van der Waals surface area contributed by atoms with Gasteiger partial charge in [0, 0.05) is 0 Å². The fraction of sp³-hybridized carbons (Fsp3) is 0.852. The smallest absolute Gasteiger partial charge is 0.0543 e. The molecule has 0 spiro atoms. The predicted molar refractivity (Wildman–Crippen MR) is 119 cm³/mol. The van der Waals surface area contributed by atoms with Gasteiger partial charge in [0.25, 0.3) is 0 Å². The fourth-order valence-corrected chi connectivity index (χ4v) is 7.78. The van der Waals surface area contributed by atoms with Gasteiger partial charge in [0.05, 0.1) is 6.10 Å². The molecule has 1 nitrogen and oxygen atoms in total. The number of aliphatic hydroxyl groups is 1. The third-order valence-electron chi connectivity index (χ3n) is 9.61. The van der Waals surface area contributed by atoms with E-state index in [1.807, 2.05) is 5.57 Å². The fourth-order valence-electron chi connectivity index (χ4n) is 7.78. The summed E-state index contributed by atoms with van der Waals surface area (Å²) in [5.74, 6) is 3.25. The maximum atomic E-state index is 10.2. The van der Waals surface area contributed by atoms with E-state index in [2.05, 4.69) is 40.7 Å². The van der Waals surface area contributed by atoms with Crippen molar-refractivity contribution in [3.63, 3.8) is 0 Å². The molecule has 1 fully saturated rings. The summed E-state index contributed by atoms with van der Waals surface area (Å²) in [6.07, 6.45) is 16.6. The van der Waals surface area contributed by atoms with Crippen LogP contribution in [0.25, 0.3) is 0 Å². The summed E-state index contributed by atoms with van der Waals surface area (Å²) in [4.78, 5) is 0. The van der Waals surface area contributed by atoms with Crippen molar-refractivity contribution >= 4 is 0 Å². The van der Waals surface area contributed by atoms with E-state index in [4.69, 9.17) is 0 Å². The molecule has 0 radical (unpaired) electrons. The van der Waals surface area contributed by atoms with Crippen LogP contribution in [0.1, 0.15) is 105 Å². The SMILES string of the molecule is CC(C)CCCC(C)[C@H]1CC=C2C3=C(CC[C@@]21C)[C@@]1(C)CC[C@H](O)C[C@H]1CC3. The zero-order chi connectivity index (χ0) is 20.1. The Morgan fingerprint density at radius 3 is 2.57 bits per heavy atom. The molecule has 0 aliphatic heterocycles. The van der Waals surface area contributed by atoms with Crippen LogP contribution < -0.4 is 0 Å². The molecule has 1 N–H and O–H groups in total. The second kappa shape index (κ2) is 7.60. The Balaban J connectivity index is 1.54. The van der Waals surface area contributed by atoms with Crippen LogP contribution in [0.3, 0.4) is 0 Å². The normalized spacial score (nSPS) is 41.4. The minimum Gasteiger partial charge on any atom is -0.393 e. The van der Waals surface area contributed by atoms with Gasteiger partial charge in [0.1, 0.15) is 0 Å². The first kappa shape index (κ1) is 20.7. The Morgan fingerprint density at radius 1 is 1.04 bits per heavy atom. The molecule has 1 heteroatoms. The molecule has 4 rings (SSSR count). The molecule has 0 saturated heterocycles. The lowest BCUT2D eigenvalue weighted by molar-refractivity contribution is 0.0225. The van der Waals surface area contributed by atoms with E-state index in [1.54, 1.807) is 11.1 Å². The van der Waals surface area contributed by atoms with Crippen molar-refractivity contribution in [2.24, 2.45) is 34.5 Å². The van der Waals surface area contributed by atoms with Crippen LogP contribution in [0.4, 0.5) is 0 Å². The van der Waals surface area contributed by atoms with Crippen LogP contribution in [-0.4, -0.2) is 11.2 Å². The van der Waals surface area contributed by atoms with Crippen LogP contribution >= 0.6 is 0 Å². The second-order valence-electron chi connectivity index (χ2n) is 11.7. The van der Waals surface area contributed by atoms with Crippen molar-refractivity contribution in [2.45, 2.75) is 111 Å². The van der Waals surface area contributed by atoms with Crippen molar-refractivity contribution in [3.05, 3.63) is 22.8 Å². The third kappa shape index (κ3) is 3.34. The molecule has 0 aromatic rings. The van der Waals surface area contributed by atoms with E-state index in [-0.39, 0.29) is 6.10 Å². The van der Waals surface area contributed by atoms with Gasteiger partial charge >= 0.3 is 0 Å². The van der Waals surface area contributed by atoms with Crippen molar-refractivity contribution in [1.82, 2.24) is 0 Å². The average molecular weight is 385 g/mol. The van der Waals surface area contributed by atoms with Crippen LogP contribution in [0.5, 0.6) is 0 Å². The maximum Gasteiger partial charge on any atom is 0.0543 e. The van der Waals surface area contributed by atoms with Crippen molar-refractivity contribution in [2.75, 3.05) is 0 Å². The molecule has 4 aliphatic rings. The molecule has 158 valence electrons. The second-order valence-corrected chi connectivity index (χ2v) is 11.7. The van der Waals surface area contributed by atoms with E-state index in [9.17, 15) is 5.11 Å². The van der Waals surface area contributed by atoms with Gasteiger partial charge in [-0.25, -0.2) is 0 Å². The number of hydrogen-bond acceptors (Lipinski definition) is 1. The Morgan fingerprint density at radius 2 is 1.82 bits per heavy atom. The first-order chi connectivity index (χ1) is 13.3. The molecule has 1 saturated carbocycles. The molecule has 0 bridgehead atoms. The van der Waals surface area contributed by atoms with E-state index < -0.39 is 0 Å². The highest BCUT2D eigenvalue weighted by Gasteiger charge is 2.52. The Bertz CT molecular complexity index is 655. The van der Waals surface area contributed by atoms with Crippen molar-refractivity contribution < 1.29 is 5.11 Å². The molecule has 4 aliphatic carbocycles. The van der Waals surface area contributed by atoms with Crippen LogP contribution in [-0.2, 0) is 0 Å². The van der Waals surface area contributed by atoms with Crippen molar-refractivity contribution in [3.8, 4) is 0 Å². The predicted octanol–water partition coefficient (Wildman–Crippen LogP) is 7.45. The lowest BCUT2D eigenvalue weighted by Crippen LogP contribution is -2.44. The standard InChI is InChI=1S/C27H44O/c1-18(2)7-6-8-19(3)23-11-12-24-22-10-9-20-17-21(28)13-15-26(20,4)25(22)14-16-27(23,24)5/h12,18-21,23,28H,6-11,13-17H2,1-5H3/t19?,20-,21+,23-,26+,27-/m1/s1. The summed E-state index contributed by atoms with van der Waals surface area (Å²) in [6.45, 7) is 12.4. The summed E-state index contributed by atoms with van der Waals surface area (Å²) in [5, 5.41) is 10.2. The Labute approximate surface area is 174 Å². The number of aliphatic hydroxyl groups excluding tert-OH is 1. The van der Waals surface area contributed by atoms with E-state index in [1.165, 1.54) is 57.8 Å². The molecular formula is C27H44O. The molecule has 6 atom stereocenters. The van der Waals surface area contributed by atoms with Crippen LogP contribution in [0.15, 0.2) is 22.8 Å². The summed E-state index contributed by atoms with van der Waals surface area (Å²) < 4.78 is 0. The molecule has 0 amide bonds. The van der Waals surface area contributed by atoms with Crippen LogP contribution in [0.2, 0.25) is 0 Å². The van der Waals surface area contributed by atoms with Gasteiger partial charge in [-0.3, -0.25) is 0 Å². The minimum absolute atomic E-state index is 0.0455. The summed E-state index contributed by atoms with van der Waals surface area (Å²) in [5.41, 5.74) is 6.15. The quantitative estimate of drug-likeness (QED) is 0.521. The minimum atomic E-state index is -0.0455. The zero-order valence-corrected chi connectivity index (χ0v) is 19.2. The van der Waals surface area contributed by atoms with Gasteiger partial charge in [-0.1, -0.05) is 65.5 Å². The van der Waals surface area contributed by atoms with Crippen LogP contribution in [0, 0.1) is 34.5 Å². The highest BCUT2D eigenvalue weighted by Crippen LogP contribution is 2.64. The van der Waals surface area contributed by atoms with E-state index >= 15 is 0 Å². The van der Waals surface area contributed by atoms with E-state index in [0.717, 1.165) is 30.6 Å². The number of rotatable bonds is 5. The Kier molecular flexibility index (Phi) is 5.62. The molecular weight excluding hydrogens is 340 g/mol. The molecule has 0 aromatic carbocycles. The highest BCUT2D eigenvalue weighted by molar-refractivity contribution is 5.49. The van der Waals surface area contributed by atoms with E-state index in [0.29, 0.717) is 16.7 Å². The third-order valence-corrected chi connectivity index (χ3v) is 9.61. The summed E-state index contributed by atoms with van der Waals surface area (Å²) >= 11 is 0. The number of allylic oxidation sites excluding steroid dienone is 4. The first-order valence-corrected chi connectivity index (χ1v) is 12.4. The topological polar surface area (TPSA) is 20.2 Å². The molecule has 0 heterocycles. The molecule has 1 unspecified atom stereocenters. The first-order valence-electron chi connectivity index (χ1n) is 12.4. The summed E-state index contributed by atoms with van der Waals surface area (Å²) in [6, 6.07) is 0. The average Bonchev–Trinajstić information content (AvgIpc) is 2.99. The number of fused-ring (bicyclic) bond motifs is 4. The highest BCUT2D eigenvalue weighted by atomic mass is 16.3. The van der Waals surface area contributed by atoms with Crippen molar-refractivity contribution in [1.29, 1.82) is 0 Å². The number of hydrogen-bond donors (Lipinski definition) is 1. The molecule has 28 heavy (non-hydrogen) atoms. The van der Waals surface area contributed by atoms with Gasteiger partial charge in [-0.2, -0.15) is 0 Å². The van der Waals surface area contributed by atoms with Gasteiger partial charge in [0.15, 0.2) is 0 Å². The Hall–Kier alpha value is -0.560. The van der Waals surface area contributed by atoms with Gasteiger partial charge < -0.3 is 5.11 Å². The maximum absolute atomic E-state index is 10.2. The summed E-state index contributed by atoms with van der Waals surface area (Å²) in [7, 11) is 0.